The van der Waals surface area contributed by atoms with Crippen LogP contribution in [0.1, 0.15) is 81.2 Å². The second-order valence-corrected chi connectivity index (χ2v) is 11.6. The van der Waals surface area contributed by atoms with E-state index in [2.05, 4.69) is 14.8 Å². The van der Waals surface area contributed by atoms with E-state index < -0.39 is 0 Å². The molecule has 2 amide bonds. The molecule has 0 bridgehead atoms. The minimum absolute atomic E-state index is 0.0308. The number of rotatable bonds is 10. The highest BCUT2D eigenvalue weighted by atomic mass is 16.5. The molecule has 7 nitrogen and oxygen atoms in total. The van der Waals surface area contributed by atoms with Crippen LogP contribution in [-0.4, -0.2) is 51.5 Å². The first-order valence-electron chi connectivity index (χ1n) is 15.2. The van der Waals surface area contributed by atoms with Crippen LogP contribution in [0, 0.1) is 13.8 Å². The largest absolute Gasteiger partial charge is 0.483 e. The quantitative estimate of drug-likeness (QED) is 0.346. The molecule has 214 valence electrons. The van der Waals surface area contributed by atoms with E-state index in [1.165, 1.54) is 38.5 Å². The number of hydrogen-bond acceptors (Lipinski definition) is 4. The summed E-state index contributed by atoms with van der Waals surface area (Å²) in [5.41, 5.74) is 3.96. The molecule has 2 aromatic carbocycles. The van der Waals surface area contributed by atoms with Gasteiger partial charge in [0.05, 0.1) is 11.0 Å². The SMILES string of the molecule is Cc1ccc(C)c(OCC(=O)NCCc2nc3ccccc3n2CC(=O)N(C2CCCCC2)C2CCCCC2)c1. The zero-order valence-electron chi connectivity index (χ0n) is 24.2. The van der Waals surface area contributed by atoms with E-state index in [1.807, 2.05) is 56.3 Å². The number of amides is 2. The van der Waals surface area contributed by atoms with Gasteiger partial charge in [0.2, 0.25) is 5.91 Å². The molecule has 0 unspecified atom stereocenters. The van der Waals surface area contributed by atoms with Crippen LogP contribution in [0.4, 0.5) is 0 Å². The van der Waals surface area contributed by atoms with Crippen LogP contribution < -0.4 is 10.1 Å². The van der Waals surface area contributed by atoms with Crippen molar-refractivity contribution in [2.45, 2.75) is 103 Å². The summed E-state index contributed by atoms with van der Waals surface area (Å²) in [7, 11) is 0. The molecule has 1 N–H and O–H groups in total. The van der Waals surface area contributed by atoms with Crippen molar-refractivity contribution in [2.24, 2.45) is 0 Å². The van der Waals surface area contributed by atoms with Crippen LogP contribution in [0.2, 0.25) is 0 Å². The van der Waals surface area contributed by atoms with E-state index in [9.17, 15) is 9.59 Å². The molecule has 2 saturated carbocycles. The second-order valence-electron chi connectivity index (χ2n) is 11.6. The van der Waals surface area contributed by atoms with Crippen molar-refractivity contribution < 1.29 is 14.3 Å². The standard InChI is InChI=1S/C33H44N4O3/c1-24-17-18-25(2)30(21-24)40-23-32(38)34-20-19-31-35-28-15-9-10-16-29(28)36(31)22-33(39)37(26-11-5-3-6-12-26)27-13-7-4-8-14-27/h9-10,15-18,21,26-27H,3-8,11-14,19-20,22-23H2,1-2H3,(H,34,38). The maximum absolute atomic E-state index is 14.0. The van der Waals surface area contributed by atoms with Crippen LogP contribution in [0.15, 0.2) is 42.5 Å². The Morgan fingerprint density at radius 2 is 1.62 bits per heavy atom. The number of ether oxygens (including phenoxy) is 1. The summed E-state index contributed by atoms with van der Waals surface area (Å²) < 4.78 is 7.84. The third-order valence-corrected chi connectivity index (χ3v) is 8.62. The van der Waals surface area contributed by atoms with Gasteiger partial charge in [-0.25, -0.2) is 4.98 Å². The topological polar surface area (TPSA) is 76.5 Å². The molecule has 3 aromatic rings. The first kappa shape index (κ1) is 28.2. The lowest BCUT2D eigenvalue weighted by Gasteiger charge is -2.42. The highest BCUT2D eigenvalue weighted by Crippen LogP contribution is 2.31. The number of para-hydroxylation sites is 2. The Kier molecular flexibility index (Phi) is 9.40. The lowest BCUT2D eigenvalue weighted by molar-refractivity contribution is -0.138. The molecule has 0 radical (unpaired) electrons. The van der Waals surface area contributed by atoms with Crippen LogP contribution >= 0.6 is 0 Å². The van der Waals surface area contributed by atoms with Gasteiger partial charge < -0.3 is 19.5 Å². The van der Waals surface area contributed by atoms with Crippen molar-refractivity contribution in [1.82, 2.24) is 19.8 Å². The minimum Gasteiger partial charge on any atom is -0.483 e. The van der Waals surface area contributed by atoms with E-state index in [0.717, 1.165) is 59.4 Å². The zero-order valence-corrected chi connectivity index (χ0v) is 24.2. The fraction of sp³-hybridized carbons (Fsp3) is 0.545. The van der Waals surface area contributed by atoms with Gasteiger partial charge in [-0.15, -0.1) is 0 Å². The minimum atomic E-state index is -0.166. The summed E-state index contributed by atoms with van der Waals surface area (Å²) in [5, 5.41) is 2.97. The Hall–Kier alpha value is -3.35. The highest BCUT2D eigenvalue weighted by molar-refractivity contribution is 5.82. The number of hydrogen-bond donors (Lipinski definition) is 1. The van der Waals surface area contributed by atoms with Crippen LogP contribution in [0.3, 0.4) is 0 Å². The van der Waals surface area contributed by atoms with Gasteiger partial charge in [-0.3, -0.25) is 9.59 Å². The average molecular weight is 545 g/mol. The molecule has 0 atom stereocenters. The molecule has 7 heteroatoms. The summed E-state index contributed by atoms with van der Waals surface area (Å²) in [6.45, 7) is 4.68. The number of carbonyl (C=O) groups excluding carboxylic acids is 2. The smallest absolute Gasteiger partial charge is 0.257 e. The molecule has 2 fully saturated rings. The zero-order chi connectivity index (χ0) is 27.9. The average Bonchev–Trinajstić information content (AvgIpc) is 3.31. The van der Waals surface area contributed by atoms with E-state index in [-0.39, 0.29) is 18.4 Å². The highest BCUT2D eigenvalue weighted by Gasteiger charge is 2.33. The summed E-state index contributed by atoms with van der Waals surface area (Å²) >= 11 is 0. The van der Waals surface area contributed by atoms with Crippen molar-refractivity contribution in [1.29, 1.82) is 0 Å². The third kappa shape index (κ3) is 6.86. The summed E-state index contributed by atoms with van der Waals surface area (Å²) in [5.74, 6) is 1.61. The van der Waals surface area contributed by atoms with Gasteiger partial charge in [0.25, 0.3) is 5.91 Å². The molecular weight excluding hydrogens is 500 g/mol. The number of fused-ring (bicyclic) bond motifs is 1. The Morgan fingerprint density at radius 3 is 2.33 bits per heavy atom. The predicted octanol–water partition coefficient (Wildman–Crippen LogP) is 5.88. The van der Waals surface area contributed by atoms with Gasteiger partial charge in [0, 0.05) is 25.0 Å². The number of aromatic nitrogens is 2. The van der Waals surface area contributed by atoms with E-state index in [0.29, 0.717) is 31.6 Å². The van der Waals surface area contributed by atoms with E-state index in [1.54, 1.807) is 0 Å². The normalized spacial score (nSPS) is 16.6. The van der Waals surface area contributed by atoms with Crippen LogP contribution in [-0.2, 0) is 22.6 Å². The van der Waals surface area contributed by atoms with E-state index >= 15 is 0 Å². The molecule has 1 aromatic heterocycles. The maximum atomic E-state index is 14.0. The Morgan fingerprint density at radius 1 is 0.950 bits per heavy atom. The van der Waals surface area contributed by atoms with Crippen molar-refractivity contribution >= 4 is 22.8 Å². The summed E-state index contributed by atoms with van der Waals surface area (Å²) in [6.07, 6.45) is 12.4. The molecule has 0 spiro atoms. The Labute approximate surface area is 238 Å². The van der Waals surface area contributed by atoms with Crippen LogP contribution in [0.25, 0.3) is 11.0 Å². The fourth-order valence-electron chi connectivity index (χ4n) is 6.50. The maximum Gasteiger partial charge on any atom is 0.257 e. The number of nitrogens with zero attached hydrogens (tertiary/aromatic N) is 3. The second kappa shape index (κ2) is 13.3. The van der Waals surface area contributed by atoms with E-state index in [4.69, 9.17) is 9.72 Å². The number of nitrogens with one attached hydrogen (secondary N) is 1. The molecule has 2 aliphatic carbocycles. The summed E-state index contributed by atoms with van der Waals surface area (Å²) in [6, 6.07) is 14.7. The molecular formula is C33H44N4O3. The Balaban J connectivity index is 1.26. The molecule has 5 rings (SSSR count). The number of imidazole rings is 1. The van der Waals surface area contributed by atoms with Gasteiger partial charge >= 0.3 is 0 Å². The van der Waals surface area contributed by atoms with Gasteiger partial charge in [0.15, 0.2) is 6.61 Å². The van der Waals surface area contributed by atoms with Gasteiger partial charge in [0.1, 0.15) is 18.1 Å². The van der Waals surface area contributed by atoms with Crippen molar-refractivity contribution in [3.8, 4) is 5.75 Å². The van der Waals surface area contributed by atoms with Gasteiger partial charge in [-0.2, -0.15) is 0 Å². The third-order valence-electron chi connectivity index (χ3n) is 8.62. The monoisotopic (exact) mass is 544 g/mol. The lowest BCUT2D eigenvalue weighted by Crippen LogP contribution is -2.50. The van der Waals surface area contributed by atoms with Crippen molar-refractivity contribution in [3.05, 3.63) is 59.4 Å². The van der Waals surface area contributed by atoms with Crippen molar-refractivity contribution in [2.75, 3.05) is 13.2 Å². The molecule has 0 saturated heterocycles. The Bertz CT molecular complexity index is 1290. The van der Waals surface area contributed by atoms with Gasteiger partial charge in [-0.1, -0.05) is 62.8 Å². The van der Waals surface area contributed by atoms with Crippen LogP contribution in [0.5, 0.6) is 5.75 Å². The predicted molar refractivity (Wildman–Crippen MR) is 158 cm³/mol. The lowest BCUT2D eigenvalue weighted by atomic mass is 9.88. The molecule has 2 aliphatic rings. The fourth-order valence-corrected chi connectivity index (χ4v) is 6.50. The summed E-state index contributed by atoms with van der Waals surface area (Å²) in [4.78, 5) is 33.8. The number of aryl methyl sites for hydroxylation is 2. The molecule has 40 heavy (non-hydrogen) atoms. The first-order chi connectivity index (χ1) is 19.5. The van der Waals surface area contributed by atoms with Gasteiger partial charge in [-0.05, 0) is 68.9 Å². The van der Waals surface area contributed by atoms with Crippen molar-refractivity contribution in [3.63, 3.8) is 0 Å². The number of benzene rings is 2. The number of carbonyl (C=O) groups is 2. The molecule has 1 heterocycles. The first-order valence-corrected chi connectivity index (χ1v) is 15.2. The molecule has 0 aliphatic heterocycles.